The van der Waals surface area contributed by atoms with E-state index in [4.69, 9.17) is 9.47 Å². The van der Waals surface area contributed by atoms with Crippen LogP contribution < -0.4 is 0 Å². The third-order valence-electron chi connectivity index (χ3n) is 1.93. The summed E-state index contributed by atoms with van der Waals surface area (Å²) in [7, 11) is 0. The zero-order valence-electron chi connectivity index (χ0n) is 7.21. The van der Waals surface area contributed by atoms with Crippen molar-refractivity contribution >= 4 is 0 Å². The van der Waals surface area contributed by atoms with Crippen molar-refractivity contribution in [2.75, 3.05) is 6.61 Å². The lowest BCUT2D eigenvalue weighted by molar-refractivity contribution is -0.183. The summed E-state index contributed by atoms with van der Waals surface area (Å²) in [5.74, 6) is 0. The van der Waals surface area contributed by atoms with Crippen molar-refractivity contribution in [3.05, 3.63) is 6.92 Å². The molecule has 0 aliphatic carbocycles. The third-order valence-corrected chi connectivity index (χ3v) is 1.93. The van der Waals surface area contributed by atoms with Gasteiger partial charge in [0.05, 0.1) is 6.10 Å². The van der Waals surface area contributed by atoms with Crippen LogP contribution in [-0.2, 0) is 9.47 Å². The van der Waals surface area contributed by atoms with Gasteiger partial charge in [0.2, 0.25) is 0 Å². The summed E-state index contributed by atoms with van der Waals surface area (Å²) in [5, 5.41) is 0. The van der Waals surface area contributed by atoms with Crippen molar-refractivity contribution in [3.8, 4) is 0 Å². The fourth-order valence-electron chi connectivity index (χ4n) is 1.15. The van der Waals surface area contributed by atoms with E-state index in [0.717, 1.165) is 19.4 Å². The van der Waals surface area contributed by atoms with Crippen molar-refractivity contribution in [3.63, 3.8) is 0 Å². The summed E-state index contributed by atoms with van der Waals surface area (Å²) in [5.41, 5.74) is 0. The molecule has 2 nitrogen and oxygen atoms in total. The molecule has 1 heterocycles. The second-order valence-electron chi connectivity index (χ2n) is 3.03. The summed E-state index contributed by atoms with van der Waals surface area (Å²) < 4.78 is 11.0. The van der Waals surface area contributed by atoms with E-state index in [1.807, 2.05) is 6.92 Å². The lowest BCUT2D eigenvalue weighted by atomic mass is 10.2. The first kappa shape index (κ1) is 9.01. The van der Waals surface area contributed by atoms with Gasteiger partial charge in [0.25, 0.3) is 0 Å². The van der Waals surface area contributed by atoms with Crippen LogP contribution >= 0.6 is 0 Å². The van der Waals surface area contributed by atoms with Gasteiger partial charge in [-0.25, -0.2) is 0 Å². The molecule has 2 atom stereocenters. The van der Waals surface area contributed by atoms with E-state index < -0.39 is 0 Å². The zero-order valence-corrected chi connectivity index (χ0v) is 7.21. The van der Waals surface area contributed by atoms with Crippen molar-refractivity contribution in [1.29, 1.82) is 0 Å². The molecule has 1 rings (SSSR count). The van der Waals surface area contributed by atoms with Gasteiger partial charge in [0.15, 0.2) is 6.29 Å². The van der Waals surface area contributed by atoms with Crippen LogP contribution in [0, 0.1) is 6.92 Å². The Hall–Kier alpha value is -0.0800. The highest BCUT2D eigenvalue weighted by Gasteiger charge is 2.15. The Kier molecular flexibility index (Phi) is 3.87. The third kappa shape index (κ3) is 3.21. The minimum absolute atomic E-state index is 0.0421. The van der Waals surface area contributed by atoms with Crippen LogP contribution in [-0.4, -0.2) is 19.0 Å². The molecule has 1 aliphatic heterocycles. The van der Waals surface area contributed by atoms with Gasteiger partial charge in [-0.05, 0) is 32.6 Å². The zero-order chi connectivity index (χ0) is 8.10. The van der Waals surface area contributed by atoms with Crippen LogP contribution in [0.25, 0.3) is 0 Å². The van der Waals surface area contributed by atoms with Gasteiger partial charge in [-0.3, -0.25) is 0 Å². The standard InChI is InChI=1S/C9H17O2/c1-3-8(2)11-9-6-4-5-7-10-9/h8-9H,1,3-7H2,2H3. The average Bonchev–Trinajstić information content (AvgIpc) is 2.06. The lowest BCUT2D eigenvalue weighted by Gasteiger charge is -2.25. The molecule has 1 aliphatic rings. The van der Waals surface area contributed by atoms with Gasteiger partial charge in [-0.15, -0.1) is 0 Å². The average molecular weight is 157 g/mol. The summed E-state index contributed by atoms with van der Waals surface area (Å²) >= 11 is 0. The molecule has 0 N–H and O–H groups in total. The van der Waals surface area contributed by atoms with Crippen LogP contribution in [0.4, 0.5) is 0 Å². The molecule has 1 fully saturated rings. The van der Waals surface area contributed by atoms with Crippen molar-refractivity contribution in [2.24, 2.45) is 0 Å². The Labute approximate surface area is 68.9 Å². The monoisotopic (exact) mass is 157 g/mol. The summed E-state index contributed by atoms with van der Waals surface area (Å²) in [6, 6.07) is 0. The molecule has 2 heteroatoms. The van der Waals surface area contributed by atoms with Gasteiger partial charge < -0.3 is 9.47 Å². The van der Waals surface area contributed by atoms with Crippen LogP contribution in [0.2, 0.25) is 0 Å². The quantitative estimate of drug-likeness (QED) is 0.625. The maximum absolute atomic E-state index is 5.56. The first-order valence-corrected chi connectivity index (χ1v) is 4.39. The summed E-state index contributed by atoms with van der Waals surface area (Å²) in [6.45, 7) is 6.66. The predicted octanol–water partition coefficient (Wildman–Crippen LogP) is 2.14. The van der Waals surface area contributed by atoms with Gasteiger partial charge in [-0.2, -0.15) is 0 Å². The molecule has 0 amide bonds. The van der Waals surface area contributed by atoms with Crippen LogP contribution in [0.3, 0.4) is 0 Å². The number of rotatable bonds is 3. The summed E-state index contributed by atoms with van der Waals surface area (Å²) in [6.07, 6.45) is 4.55. The van der Waals surface area contributed by atoms with E-state index >= 15 is 0 Å². The normalized spacial score (nSPS) is 28.4. The van der Waals surface area contributed by atoms with Gasteiger partial charge in [-0.1, -0.05) is 6.92 Å². The van der Waals surface area contributed by atoms with Gasteiger partial charge in [0.1, 0.15) is 0 Å². The molecule has 0 spiro atoms. The van der Waals surface area contributed by atoms with E-state index in [0.29, 0.717) is 0 Å². The molecule has 0 aromatic carbocycles. The summed E-state index contributed by atoms with van der Waals surface area (Å²) in [4.78, 5) is 0. The molecule has 1 saturated heterocycles. The minimum atomic E-state index is 0.0421. The lowest BCUT2D eigenvalue weighted by Crippen LogP contribution is -2.26. The second kappa shape index (κ2) is 4.73. The smallest absolute Gasteiger partial charge is 0.157 e. The highest BCUT2D eigenvalue weighted by Crippen LogP contribution is 2.15. The van der Waals surface area contributed by atoms with Gasteiger partial charge in [0, 0.05) is 6.61 Å². The van der Waals surface area contributed by atoms with Crippen molar-refractivity contribution < 1.29 is 9.47 Å². The fourth-order valence-corrected chi connectivity index (χ4v) is 1.15. The Morgan fingerprint density at radius 2 is 2.45 bits per heavy atom. The molecular weight excluding hydrogens is 140 g/mol. The molecule has 2 unspecified atom stereocenters. The molecule has 0 saturated carbocycles. The Morgan fingerprint density at radius 3 is 3.00 bits per heavy atom. The number of ether oxygens (including phenoxy) is 2. The maximum Gasteiger partial charge on any atom is 0.157 e. The van der Waals surface area contributed by atoms with Crippen LogP contribution in [0.5, 0.6) is 0 Å². The number of hydrogen-bond acceptors (Lipinski definition) is 2. The molecule has 0 aromatic heterocycles. The molecular formula is C9H17O2. The molecule has 11 heavy (non-hydrogen) atoms. The van der Waals surface area contributed by atoms with Gasteiger partial charge >= 0.3 is 0 Å². The highest BCUT2D eigenvalue weighted by molar-refractivity contribution is 4.58. The van der Waals surface area contributed by atoms with E-state index in [1.165, 1.54) is 12.8 Å². The second-order valence-corrected chi connectivity index (χ2v) is 3.03. The predicted molar refractivity (Wildman–Crippen MR) is 44.1 cm³/mol. The fraction of sp³-hybridized carbons (Fsp3) is 0.889. The Morgan fingerprint density at radius 1 is 1.64 bits per heavy atom. The van der Waals surface area contributed by atoms with E-state index in [9.17, 15) is 0 Å². The molecule has 0 bridgehead atoms. The van der Waals surface area contributed by atoms with E-state index in [-0.39, 0.29) is 12.4 Å². The van der Waals surface area contributed by atoms with Crippen LogP contribution in [0.1, 0.15) is 32.6 Å². The molecule has 65 valence electrons. The SMILES string of the molecule is [CH2]CC(C)OC1CCCCO1. The largest absolute Gasteiger partial charge is 0.353 e. The molecule has 1 radical (unpaired) electrons. The topological polar surface area (TPSA) is 18.5 Å². The number of hydrogen-bond donors (Lipinski definition) is 0. The van der Waals surface area contributed by atoms with E-state index in [1.54, 1.807) is 0 Å². The van der Waals surface area contributed by atoms with E-state index in [2.05, 4.69) is 6.92 Å². The first-order valence-electron chi connectivity index (χ1n) is 4.39. The molecule has 0 aromatic rings. The van der Waals surface area contributed by atoms with Crippen molar-refractivity contribution in [2.45, 2.75) is 45.0 Å². The Bertz CT molecular complexity index is 97.7. The highest BCUT2D eigenvalue weighted by atomic mass is 16.7. The first-order chi connectivity index (χ1) is 5.33. The Balaban J connectivity index is 2.13. The minimum Gasteiger partial charge on any atom is -0.353 e. The van der Waals surface area contributed by atoms with Crippen molar-refractivity contribution in [1.82, 2.24) is 0 Å². The maximum atomic E-state index is 5.56. The van der Waals surface area contributed by atoms with Crippen LogP contribution in [0.15, 0.2) is 0 Å².